The van der Waals surface area contributed by atoms with Crippen molar-refractivity contribution in [2.45, 2.75) is 52.0 Å². The minimum Gasteiger partial charge on any atom is -0.398 e. The van der Waals surface area contributed by atoms with Crippen LogP contribution in [-0.2, 0) is 0 Å². The first-order chi connectivity index (χ1) is 8.24. The summed E-state index contributed by atoms with van der Waals surface area (Å²) in [5.74, 6) is 0. The summed E-state index contributed by atoms with van der Waals surface area (Å²) < 4.78 is 0. The highest BCUT2D eigenvalue weighted by atomic mass is 15.2. The quantitative estimate of drug-likeness (QED) is 0.804. The van der Waals surface area contributed by atoms with Gasteiger partial charge in [0, 0.05) is 24.0 Å². The van der Waals surface area contributed by atoms with Crippen molar-refractivity contribution in [2.24, 2.45) is 0 Å². The predicted octanol–water partition coefficient (Wildman–Crippen LogP) is 3.74. The van der Waals surface area contributed by atoms with Crippen LogP contribution in [0.3, 0.4) is 0 Å². The molecule has 2 heteroatoms. The summed E-state index contributed by atoms with van der Waals surface area (Å²) in [6.07, 6.45) is 6.59. The molecule has 1 saturated heterocycles. The van der Waals surface area contributed by atoms with Crippen molar-refractivity contribution in [1.82, 2.24) is 0 Å². The van der Waals surface area contributed by atoms with E-state index in [9.17, 15) is 0 Å². The normalized spacial score (nSPS) is 20.6. The Balaban J connectivity index is 2.26. The second-order valence-corrected chi connectivity index (χ2v) is 5.12. The molecule has 1 aromatic rings. The van der Waals surface area contributed by atoms with Crippen molar-refractivity contribution < 1.29 is 0 Å². The van der Waals surface area contributed by atoms with Gasteiger partial charge in [0.1, 0.15) is 0 Å². The van der Waals surface area contributed by atoms with Crippen LogP contribution in [0, 0.1) is 6.92 Å². The minimum absolute atomic E-state index is 0.717. The largest absolute Gasteiger partial charge is 0.398 e. The molecule has 1 fully saturated rings. The first-order valence-electron chi connectivity index (χ1n) is 6.85. The zero-order valence-corrected chi connectivity index (χ0v) is 11.1. The van der Waals surface area contributed by atoms with Crippen molar-refractivity contribution in [1.29, 1.82) is 0 Å². The Morgan fingerprint density at radius 2 is 2.18 bits per heavy atom. The summed E-state index contributed by atoms with van der Waals surface area (Å²) in [5.41, 5.74) is 9.54. The maximum Gasteiger partial charge on any atom is 0.0419 e. The number of benzene rings is 1. The molecule has 1 aliphatic heterocycles. The predicted molar refractivity (Wildman–Crippen MR) is 75.5 cm³/mol. The van der Waals surface area contributed by atoms with Crippen LogP contribution in [0.1, 0.15) is 44.6 Å². The molecule has 2 N–H and O–H groups in total. The molecule has 0 amide bonds. The lowest BCUT2D eigenvalue weighted by Crippen LogP contribution is -2.39. The van der Waals surface area contributed by atoms with E-state index in [1.807, 2.05) is 6.07 Å². The van der Waals surface area contributed by atoms with E-state index in [0.29, 0.717) is 6.04 Å². The van der Waals surface area contributed by atoms with Crippen molar-refractivity contribution in [3.05, 3.63) is 23.8 Å². The van der Waals surface area contributed by atoms with E-state index >= 15 is 0 Å². The van der Waals surface area contributed by atoms with Crippen LogP contribution in [-0.4, -0.2) is 12.6 Å². The van der Waals surface area contributed by atoms with Gasteiger partial charge in [0.15, 0.2) is 0 Å². The molecule has 94 valence electrons. The van der Waals surface area contributed by atoms with E-state index in [2.05, 4.69) is 30.9 Å². The number of rotatable bonds is 3. The molecule has 0 bridgehead atoms. The van der Waals surface area contributed by atoms with Gasteiger partial charge in [0.2, 0.25) is 0 Å². The highest BCUT2D eigenvalue weighted by molar-refractivity contribution is 5.64. The lowest BCUT2D eigenvalue weighted by molar-refractivity contribution is 0.434. The maximum atomic E-state index is 6.02. The Morgan fingerprint density at radius 3 is 2.94 bits per heavy atom. The fourth-order valence-electron chi connectivity index (χ4n) is 2.90. The first-order valence-corrected chi connectivity index (χ1v) is 6.85. The highest BCUT2D eigenvalue weighted by Gasteiger charge is 2.23. The third-order valence-electron chi connectivity index (χ3n) is 3.91. The number of hydrogen-bond acceptors (Lipinski definition) is 2. The van der Waals surface area contributed by atoms with Crippen LogP contribution in [0.2, 0.25) is 0 Å². The number of nitrogens with two attached hydrogens (primary N) is 1. The van der Waals surface area contributed by atoms with E-state index in [-0.39, 0.29) is 0 Å². The average Bonchev–Trinajstić information content (AvgIpc) is 2.34. The second kappa shape index (κ2) is 5.44. The molecule has 2 nitrogen and oxygen atoms in total. The Bertz CT molecular complexity index is 371. The average molecular weight is 232 g/mol. The standard InChI is InChI=1S/C15H24N2/c1-3-7-13-8-4-5-11-17(13)15-10-6-9-14(16)12(15)2/h6,9-10,13H,3-5,7-8,11,16H2,1-2H3. The van der Waals surface area contributed by atoms with Gasteiger partial charge < -0.3 is 10.6 Å². The van der Waals surface area contributed by atoms with Crippen molar-refractivity contribution in [2.75, 3.05) is 17.2 Å². The van der Waals surface area contributed by atoms with Crippen LogP contribution in [0.25, 0.3) is 0 Å². The summed E-state index contributed by atoms with van der Waals surface area (Å²) in [5, 5.41) is 0. The summed E-state index contributed by atoms with van der Waals surface area (Å²) in [6.45, 7) is 5.61. The topological polar surface area (TPSA) is 29.3 Å². The molecular weight excluding hydrogens is 208 g/mol. The third-order valence-corrected chi connectivity index (χ3v) is 3.91. The van der Waals surface area contributed by atoms with Crippen LogP contribution >= 0.6 is 0 Å². The van der Waals surface area contributed by atoms with Gasteiger partial charge in [-0.25, -0.2) is 0 Å². The summed E-state index contributed by atoms with van der Waals surface area (Å²) in [7, 11) is 0. The molecule has 0 aromatic heterocycles. The number of piperidine rings is 1. The molecule has 1 unspecified atom stereocenters. The van der Waals surface area contributed by atoms with E-state index in [0.717, 1.165) is 5.69 Å². The summed E-state index contributed by atoms with van der Waals surface area (Å²) in [4.78, 5) is 2.58. The lowest BCUT2D eigenvalue weighted by atomic mass is 9.96. The molecule has 0 radical (unpaired) electrons. The monoisotopic (exact) mass is 232 g/mol. The fraction of sp³-hybridized carbons (Fsp3) is 0.600. The molecule has 2 rings (SSSR count). The Hall–Kier alpha value is -1.18. The van der Waals surface area contributed by atoms with Crippen LogP contribution in [0.15, 0.2) is 18.2 Å². The smallest absolute Gasteiger partial charge is 0.0419 e. The van der Waals surface area contributed by atoms with E-state index in [4.69, 9.17) is 5.73 Å². The molecule has 1 aromatic carbocycles. The van der Waals surface area contributed by atoms with Crippen molar-refractivity contribution in [3.63, 3.8) is 0 Å². The molecular formula is C15H24N2. The Labute approximate surface area is 105 Å². The van der Waals surface area contributed by atoms with Crippen molar-refractivity contribution >= 4 is 11.4 Å². The highest BCUT2D eigenvalue weighted by Crippen LogP contribution is 2.31. The minimum atomic E-state index is 0.717. The zero-order chi connectivity index (χ0) is 12.3. The van der Waals surface area contributed by atoms with Gasteiger partial charge in [0.05, 0.1) is 0 Å². The van der Waals surface area contributed by atoms with E-state index in [1.54, 1.807) is 0 Å². The van der Waals surface area contributed by atoms with E-state index in [1.165, 1.54) is 49.9 Å². The van der Waals surface area contributed by atoms with Crippen molar-refractivity contribution in [3.8, 4) is 0 Å². The number of nitrogen functional groups attached to an aromatic ring is 1. The number of hydrogen-bond donors (Lipinski definition) is 1. The Kier molecular flexibility index (Phi) is 3.93. The zero-order valence-electron chi connectivity index (χ0n) is 11.1. The maximum absolute atomic E-state index is 6.02. The summed E-state index contributed by atoms with van der Waals surface area (Å²) in [6, 6.07) is 7.02. The van der Waals surface area contributed by atoms with Gasteiger partial charge in [-0.3, -0.25) is 0 Å². The van der Waals surface area contributed by atoms with E-state index < -0.39 is 0 Å². The molecule has 0 saturated carbocycles. The molecule has 1 atom stereocenters. The molecule has 17 heavy (non-hydrogen) atoms. The SMILES string of the molecule is CCCC1CCCCN1c1cccc(N)c1C. The molecule has 1 heterocycles. The van der Waals surface area contributed by atoms with Crippen LogP contribution in [0.4, 0.5) is 11.4 Å². The first kappa shape index (κ1) is 12.3. The van der Waals surface area contributed by atoms with Gasteiger partial charge in [-0.05, 0) is 50.3 Å². The van der Waals surface area contributed by atoms with Crippen LogP contribution < -0.4 is 10.6 Å². The molecule has 0 aliphatic carbocycles. The molecule has 1 aliphatic rings. The number of nitrogens with zero attached hydrogens (tertiary/aromatic N) is 1. The lowest BCUT2D eigenvalue weighted by Gasteiger charge is -2.38. The molecule has 0 spiro atoms. The summed E-state index contributed by atoms with van der Waals surface area (Å²) >= 11 is 0. The fourth-order valence-corrected chi connectivity index (χ4v) is 2.90. The second-order valence-electron chi connectivity index (χ2n) is 5.12. The van der Waals surface area contributed by atoms with Crippen LogP contribution in [0.5, 0.6) is 0 Å². The van der Waals surface area contributed by atoms with Gasteiger partial charge in [-0.2, -0.15) is 0 Å². The van der Waals surface area contributed by atoms with Gasteiger partial charge >= 0.3 is 0 Å². The van der Waals surface area contributed by atoms with Gasteiger partial charge in [-0.1, -0.05) is 19.4 Å². The third kappa shape index (κ3) is 2.56. The number of anilines is 2. The van der Waals surface area contributed by atoms with Gasteiger partial charge in [0.25, 0.3) is 0 Å². The van der Waals surface area contributed by atoms with Gasteiger partial charge in [-0.15, -0.1) is 0 Å². The Morgan fingerprint density at radius 1 is 1.35 bits per heavy atom.